The summed E-state index contributed by atoms with van der Waals surface area (Å²) in [4.78, 5) is 20.9. The van der Waals surface area contributed by atoms with Gasteiger partial charge in [-0.05, 0) is 47.2 Å². The maximum absolute atomic E-state index is 12.4. The van der Waals surface area contributed by atoms with Gasteiger partial charge >= 0.3 is 0 Å². The van der Waals surface area contributed by atoms with Gasteiger partial charge in [0.2, 0.25) is 0 Å². The Bertz CT molecular complexity index is 676. The van der Waals surface area contributed by atoms with E-state index in [2.05, 4.69) is 31.2 Å². The van der Waals surface area contributed by atoms with Crippen LogP contribution in [0.3, 0.4) is 0 Å². The first-order valence-corrected chi connectivity index (χ1v) is 8.33. The maximum atomic E-state index is 12.4. The molecule has 0 spiro atoms. The Hall–Kier alpha value is -1.40. The quantitative estimate of drug-likeness (QED) is 0.650. The maximum Gasteiger partial charge on any atom is 0.275 e. The van der Waals surface area contributed by atoms with Crippen LogP contribution in [0, 0.1) is 13.8 Å². The molecule has 1 amide bonds. The van der Waals surface area contributed by atoms with E-state index in [0.717, 1.165) is 22.6 Å². The third kappa shape index (κ3) is 4.04. The van der Waals surface area contributed by atoms with Gasteiger partial charge in [-0.15, -0.1) is 0 Å². The minimum Gasteiger partial charge on any atom is -0.320 e. The molecule has 0 aliphatic heterocycles. The van der Waals surface area contributed by atoms with Crippen LogP contribution in [0.1, 0.15) is 28.5 Å². The molecule has 0 aliphatic rings. The Balaban J connectivity index is 2.25. The van der Waals surface area contributed by atoms with E-state index in [9.17, 15) is 4.79 Å². The smallest absolute Gasteiger partial charge is 0.275 e. The van der Waals surface area contributed by atoms with E-state index >= 15 is 0 Å². The SMILES string of the molecule is CCSc1ncc(Br)c(C(=O)Nc2ccc(C)cc2C)n1. The van der Waals surface area contributed by atoms with Gasteiger partial charge < -0.3 is 5.32 Å². The fourth-order valence-corrected chi connectivity index (χ4v) is 2.76. The summed E-state index contributed by atoms with van der Waals surface area (Å²) in [5.41, 5.74) is 3.33. The molecule has 2 rings (SSSR count). The molecule has 1 N–H and O–H groups in total. The highest BCUT2D eigenvalue weighted by Gasteiger charge is 2.15. The molecule has 0 radical (unpaired) electrons. The van der Waals surface area contributed by atoms with Crippen LogP contribution in [-0.2, 0) is 0 Å². The Morgan fingerprint density at radius 3 is 2.81 bits per heavy atom. The number of thioether (sulfide) groups is 1. The third-order valence-electron chi connectivity index (χ3n) is 2.84. The van der Waals surface area contributed by atoms with Crippen LogP contribution in [0.5, 0.6) is 0 Å². The lowest BCUT2D eigenvalue weighted by Crippen LogP contribution is -2.16. The lowest BCUT2D eigenvalue weighted by Gasteiger charge is -2.10. The van der Waals surface area contributed by atoms with E-state index in [0.29, 0.717) is 15.3 Å². The highest BCUT2D eigenvalue weighted by Crippen LogP contribution is 2.21. The van der Waals surface area contributed by atoms with E-state index in [1.54, 1.807) is 6.20 Å². The van der Waals surface area contributed by atoms with Gasteiger partial charge in [-0.3, -0.25) is 4.79 Å². The summed E-state index contributed by atoms with van der Waals surface area (Å²) in [6.45, 7) is 6.01. The van der Waals surface area contributed by atoms with Crippen molar-refractivity contribution < 1.29 is 4.79 Å². The van der Waals surface area contributed by atoms with E-state index in [4.69, 9.17) is 0 Å². The van der Waals surface area contributed by atoms with E-state index in [-0.39, 0.29) is 5.91 Å². The molecule has 1 aromatic carbocycles. The number of carbonyl (C=O) groups excluding carboxylic acids is 1. The molecule has 6 heteroatoms. The first-order chi connectivity index (χ1) is 10.0. The molecule has 1 heterocycles. The fraction of sp³-hybridized carbons (Fsp3) is 0.267. The van der Waals surface area contributed by atoms with Crippen LogP contribution < -0.4 is 5.32 Å². The second-order valence-electron chi connectivity index (χ2n) is 4.55. The molecule has 21 heavy (non-hydrogen) atoms. The van der Waals surface area contributed by atoms with Gasteiger partial charge in [0.1, 0.15) is 5.69 Å². The number of hydrogen-bond donors (Lipinski definition) is 1. The lowest BCUT2D eigenvalue weighted by atomic mass is 10.1. The Kier molecular flexibility index (Phi) is 5.36. The normalized spacial score (nSPS) is 10.5. The molecule has 1 aromatic heterocycles. The summed E-state index contributed by atoms with van der Waals surface area (Å²) >= 11 is 4.83. The number of amides is 1. The van der Waals surface area contributed by atoms with E-state index in [1.807, 2.05) is 39.0 Å². The predicted octanol–water partition coefficient (Wildman–Crippen LogP) is 4.22. The Morgan fingerprint density at radius 2 is 2.14 bits per heavy atom. The van der Waals surface area contributed by atoms with Crippen LogP contribution in [-0.4, -0.2) is 21.6 Å². The second kappa shape index (κ2) is 7.04. The number of rotatable bonds is 4. The predicted molar refractivity (Wildman–Crippen MR) is 90.0 cm³/mol. The van der Waals surface area contributed by atoms with Crippen molar-refractivity contribution >= 4 is 39.3 Å². The zero-order valence-electron chi connectivity index (χ0n) is 12.1. The molecule has 2 aromatic rings. The third-order valence-corrected chi connectivity index (χ3v) is 4.16. The molecule has 0 saturated heterocycles. The van der Waals surface area contributed by atoms with Gasteiger partial charge in [0.05, 0.1) is 4.47 Å². The van der Waals surface area contributed by atoms with Gasteiger partial charge in [0.15, 0.2) is 5.16 Å². The minimum absolute atomic E-state index is 0.241. The highest BCUT2D eigenvalue weighted by atomic mass is 79.9. The highest BCUT2D eigenvalue weighted by molar-refractivity contribution is 9.10. The molecule has 0 aliphatic carbocycles. The van der Waals surface area contributed by atoms with Crippen LogP contribution in [0.15, 0.2) is 34.0 Å². The topological polar surface area (TPSA) is 54.9 Å². The molecule has 0 unspecified atom stereocenters. The average molecular weight is 366 g/mol. The van der Waals surface area contributed by atoms with Gasteiger partial charge in [0.25, 0.3) is 5.91 Å². The summed E-state index contributed by atoms with van der Waals surface area (Å²) in [5.74, 6) is 0.619. The number of benzene rings is 1. The number of aromatic nitrogens is 2. The van der Waals surface area contributed by atoms with Crippen molar-refractivity contribution in [3.8, 4) is 0 Å². The van der Waals surface area contributed by atoms with Crippen molar-refractivity contribution in [2.75, 3.05) is 11.1 Å². The van der Waals surface area contributed by atoms with Gasteiger partial charge in [-0.2, -0.15) is 0 Å². The molecule has 4 nitrogen and oxygen atoms in total. The van der Waals surface area contributed by atoms with E-state index in [1.165, 1.54) is 11.8 Å². The fourth-order valence-electron chi connectivity index (χ4n) is 1.84. The summed E-state index contributed by atoms with van der Waals surface area (Å²) in [7, 11) is 0. The number of nitrogens with one attached hydrogen (secondary N) is 1. The molecule has 0 atom stereocenters. The van der Waals surface area contributed by atoms with Crippen LogP contribution in [0.4, 0.5) is 5.69 Å². The zero-order valence-corrected chi connectivity index (χ0v) is 14.5. The minimum atomic E-state index is -0.241. The number of halogens is 1. The lowest BCUT2D eigenvalue weighted by molar-refractivity contribution is 0.102. The first kappa shape index (κ1) is 16.0. The monoisotopic (exact) mass is 365 g/mol. The zero-order chi connectivity index (χ0) is 15.4. The van der Waals surface area contributed by atoms with E-state index < -0.39 is 0 Å². The Labute approximate surface area is 136 Å². The van der Waals surface area contributed by atoms with Crippen LogP contribution >= 0.6 is 27.7 Å². The number of nitrogens with zero attached hydrogens (tertiary/aromatic N) is 2. The standard InChI is InChI=1S/C15H16BrN3OS/c1-4-21-15-17-8-11(16)13(19-15)14(20)18-12-6-5-9(2)7-10(12)3/h5-8H,4H2,1-3H3,(H,18,20). The number of anilines is 1. The Morgan fingerprint density at radius 1 is 1.38 bits per heavy atom. The van der Waals surface area contributed by atoms with Gasteiger partial charge in [0, 0.05) is 11.9 Å². The molecular formula is C15H16BrN3OS. The van der Waals surface area contributed by atoms with Crippen molar-refractivity contribution in [3.05, 3.63) is 45.7 Å². The number of hydrogen-bond acceptors (Lipinski definition) is 4. The largest absolute Gasteiger partial charge is 0.320 e. The van der Waals surface area contributed by atoms with Gasteiger partial charge in [-0.1, -0.05) is 36.4 Å². The van der Waals surface area contributed by atoms with Crippen LogP contribution in [0.2, 0.25) is 0 Å². The summed E-state index contributed by atoms with van der Waals surface area (Å²) in [5, 5.41) is 3.50. The first-order valence-electron chi connectivity index (χ1n) is 6.55. The summed E-state index contributed by atoms with van der Waals surface area (Å²) in [6, 6.07) is 5.90. The molecular weight excluding hydrogens is 350 g/mol. The van der Waals surface area contributed by atoms with Crippen LogP contribution in [0.25, 0.3) is 0 Å². The molecule has 0 fully saturated rings. The number of carbonyl (C=O) groups is 1. The van der Waals surface area contributed by atoms with Crippen molar-refractivity contribution in [2.24, 2.45) is 0 Å². The van der Waals surface area contributed by atoms with Crippen molar-refractivity contribution in [1.82, 2.24) is 9.97 Å². The second-order valence-corrected chi connectivity index (χ2v) is 6.64. The summed E-state index contributed by atoms with van der Waals surface area (Å²) < 4.78 is 0.588. The van der Waals surface area contributed by atoms with Crippen molar-refractivity contribution in [2.45, 2.75) is 25.9 Å². The van der Waals surface area contributed by atoms with Gasteiger partial charge in [-0.25, -0.2) is 9.97 Å². The molecule has 0 saturated carbocycles. The average Bonchev–Trinajstić information content (AvgIpc) is 2.44. The molecule has 110 valence electrons. The number of aryl methyl sites for hydroxylation is 2. The summed E-state index contributed by atoms with van der Waals surface area (Å²) in [6.07, 6.45) is 1.61. The van der Waals surface area contributed by atoms with Crippen molar-refractivity contribution in [1.29, 1.82) is 0 Å². The van der Waals surface area contributed by atoms with Crippen molar-refractivity contribution in [3.63, 3.8) is 0 Å². The molecule has 0 bridgehead atoms.